The van der Waals surface area contributed by atoms with E-state index in [0.29, 0.717) is 6.54 Å². The van der Waals surface area contributed by atoms with Gasteiger partial charge in [-0.05, 0) is 0 Å². The second kappa shape index (κ2) is 4.42. The summed E-state index contributed by atoms with van der Waals surface area (Å²) in [6.45, 7) is 0.286. The molecule has 1 aromatic heterocycles. The number of hydrogen-bond acceptors (Lipinski definition) is 3. The van der Waals surface area contributed by atoms with Crippen LogP contribution in [0.3, 0.4) is 0 Å². The topological polar surface area (TPSA) is 75.1 Å². The van der Waals surface area contributed by atoms with E-state index in [0.717, 1.165) is 0 Å². The standard InChI is InChI=1S/C8H10N2O3/c11-6-2-1-4-10-5-3-7(12)9-8(10)13/h1-3,5,11H,4,6H2,(H,9,12,13). The first-order valence-corrected chi connectivity index (χ1v) is 3.79. The summed E-state index contributed by atoms with van der Waals surface area (Å²) in [7, 11) is 0. The van der Waals surface area contributed by atoms with E-state index < -0.39 is 11.2 Å². The molecule has 0 amide bonds. The average molecular weight is 182 g/mol. The first kappa shape index (κ1) is 9.47. The molecule has 0 aliphatic heterocycles. The highest BCUT2D eigenvalue weighted by Crippen LogP contribution is 1.78. The molecule has 0 fully saturated rings. The zero-order chi connectivity index (χ0) is 9.68. The molecule has 0 aliphatic carbocycles. The monoisotopic (exact) mass is 182 g/mol. The van der Waals surface area contributed by atoms with Gasteiger partial charge in [0.25, 0.3) is 5.56 Å². The zero-order valence-electron chi connectivity index (χ0n) is 6.93. The van der Waals surface area contributed by atoms with Crippen molar-refractivity contribution in [2.24, 2.45) is 0 Å². The Kier molecular flexibility index (Phi) is 3.22. The van der Waals surface area contributed by atoms with Crippen LogP contribution in [0.1, 0.15) is 0 Å². The van der Waals surface area contributed by atoms with E-state index in [2.05, 4.69) is 4.98 Å². The summed E-state index contributed by atoms with van der Waals surface area (Å²) in [5.74, 6) is 0. The number of H-pyrrole nitrogens is 1. The van der Waals surface area contributed by atoms with Crippen molar-refractivity contribution >= 4 is 0 Å². The Balaban J connectivity index is 2.84. The number of hydrogen-bond donors (Lipinski definition) is 2. The Morgan fingerprint density at radius 1 is 1.46 bits per heavy atom. The van der Waals surface area contributed by atoms with Gasteiger partial charge in [-0.1, -0.05) is 12.2 Å². The van der Waals surface area contributed by atoms with E-state index in [1.54, 1.807) is 6.08 Å². The first-order chi connectivity index (χ1) is 6.24. The minimum Gasteiger partial charge on any atom is -0.392 e. The van der Waals surface area contributed by atoms with Crippen molar-refractivity contribution in [2.45, 2.75) is 6.54 Å². The molecule has 0 radical (unpaired) electrons. The highest BCUT2D eigenvalue weighted by molar-refractivity contribution is 4.87. The summed E-state index contributed by atoms with van der Waals surface area (Å²) in [5.41, 5.74) is -0.859. The average Bonchev–Trinajstić information content (AvgIpc) is 2.09. The molecule has 0 bridgehead atoms. The van der Waals surface area contributed by atoms with Crippen LogP contribution in [0.15, 0.2) is 34.0 Å². The molecule has 0 saturated heterocycles. The highest BCUT2D eigenvalue weighted by atomic mass is 16.2. The third-order valence-corrected chi connectivity index (χ3v) is 1.47. The Hall–Kier alpha value is -1.62. The fourth-order valence-corrected chi connectivity index (χ4v) is 0.851. The fourth-order valence-electron chi connectivity index (χ4n) is 0.851. The van der Waals surface area contributed by atoms with E-state index >= 15 is 0 Å². The quantitative estimate of drug-likeness (QED) is 0.594. The fraction of sp³-hybridized carbons (Fsp3) is 0.250. The van der Waals surface area contributed by atoms with E-state index in [9.17, 15) is 9.59 Å². The largest absolute Gasteiger partial charge is 0.392 e. The molecule has 0 saturated carbocycles. The molecule has 0 aromatic carbocycles. The molecular formula is C8H10N2O3. The van der Waals surface area contributed by atoms with E-state index in [-0.39, 0.29) is 6.61 Å². The van der Waals surface area contributed by atoms with Crippen molar-refractivity contribution in [3.05, 3.63) is 45.3 Å². The van der Waals surface area contributed by atoms with E-state index in [4.69, 9.17) is 5.11 Å². The van der Waals surface area contributed by atoms with Crippen molar-refractivity contribution in [1.29, 1.82) is 0 Å². The van der Waals surface area contributed by atoms with Crippen molar-refractivity contribution in [3.63, 3.8) is 0 Å². The van der Waals surface area contributed by atoms with Crippen molar-refractivity contribution in [2.75, 3.05) is 6.61 Å². The number of nitrogens with one attached hydrogen (secondary N) is 1. The number of nitrogens with zero attached hydrogens (tertiary/aromatic N) is 1. The van der Waals surface area contributed by atoms with Crippen LogP contribution in [0, 0.1) is 0 Å². The lowest BCUT2D eigenvalue weighted by molar-refractivity contribution is 0.342. The smallest absolute Gasteiger partial charge is 0.328 e. The summed E-state index contributed by atoms with van der Waals surface area (Å²) in [6, 6.07) is 1.27. The Bertz CT molecular complexity index is 402. The summed E-state index contributed by atoms with van der Waals surface area (Å²) in [5, 5.41) is 8.43. The predicted molar refractivity (Wildman–Crippen MR) is 47.5 cm³/mol. The first-order valence-electron chi connectivity index (χ1n) is 3.79. The number of aromatic nitrogens is 2. The van der Waals surface area contributed by atoms with Crippen LogP contribution in [0.4, 0.5) is 0 Å². The second-order valence-corrected chi connectivity index (χ2v) is 2.42. The second-order valence-electron chi connectivity index (χ2n) is 2.42. The highest BCUT2D eigenvalue weighted by Gasteiger charge is 1.91. The molecule has 0 aliphatic rings. The summed E-state index contributed by atoms with van der Waals surface area (Å²) < 4.78 is 1.33. The van der Waals surface area contributed by atoms with Crippen LogP contribution in [0.2, 0.25) is 0 Å². The van der Waals surface area contributed by atoms with Crippen LogP contribution < -0.4 is 11.2 Å². The van der Waals surface area contributed by atoms with Crippen LogP contribution in [-0.2, 0) is 6.54 Å². The van der Waals surface area contributed by atoms with E-state index in [1.165, 1.54) is 22.9 Å². The molecule has 2 N–H and O–H groups in total. The molecular weight excluding hydrogens is 172 g/mol. The lowest BCUT2D eigenvalue weighted by Gasteiger charge is -1.97. The van der Waals surface area contributed by atoms with Gasteiger partial charge in [0.2, 0.25) is 0 Å². The summed E-state index contributed by atoms with van der Waals surface area (Å²) in [6.07, 6.45) is 4.57. The number of allylic oxidation sites excluding steroid dienone is 1. The Morgan fingerprint density at radius 3 is 2.85 bits per heavy atom. The van der Waals surface area contributed by atoms with Crippen LogP contribution in [0.5, 0.6) is 0 Å². The Labute approximate surface area is 74.0 Å². The van der Waals surface area contributed by atoms with Crippen molar-refractivity contribution in [1.82, 2.24) is 9.55 Å². The molecule has 1 aromatic rings. The van der Waals surface area contributed by atoms with Gasteiger partial charge in [-0.25, -0.2) is 4.79 Å². The minimum absolute atomic E-state index is 0.0574. The van der Waals surface area contributed by atoms with Gasteiger partial charge in [-0.3, -0.25) is 14.3 Å². The lowest BCUT2D eigenvalue weighted by atomic mass is 10.5. The molecule has 1 rings (SSSR count). The zero-order valence-corrected chi connectivity index (χ0v) is 6.93. The lowest BCUT2D eigenvalue weighted by Crippen LogP contribution is -2.28. The SMILES string of the molecule is O=c1ccn(CC=CCO)c(=O)[nH]1. The van der Waals surface area contributed by atoms with Crippen molar-refractivity contribution < 1.29 is 5.11 Å². The summed E-state index contributed by atoms with van der Waals surface area (Å²) in [4.78, 5) is 23.8. The number of aliphatic hydroxyl groups excluding tert-OH is 1. The molecule has 0 atom stereocenters. The van der Waals surface area contributed by atoms with Crippen LogP contribution >= 0.6 is 0 Å². The van der Waals surface area contributed by atoms with Gasteiger partial charge >= 0.3 is 5.69 Å². The van der Waals surface area contributed by atoms with Gasteiger partial charge in [-0.2, -0.15) is 0 Å². The number of aliphatic hydroxyl groups is 1. The number of aromatic amines is 1. The molecule has 5 heteroatoms. The third kappa shape index (κ3) is 2.72. The molecule has 5 nitrogen and oxygen atoms in total. The Morgan fingerprint density at radius 2 is 2.23 bits per heavy atom. The van der Waals surface area contributed by atoms with Gasteiger partial charge in [0.1, 0.15) is 0 Å². The summed E-state index contributed by atoms with van der Waals surface area (Å²) >= 11 is 0. The predicted octanol–water partition coefficient (Wildman–Crippen LogP) is -0.915. The number of rotatable bonds is 3. The third-order valence-electron chi connectivity index (χ3n) is 1.47. The maximum absolute atomic E-state index is 11.0. The normalized spacial score (nSPS) is 10.8. The minimum atomic E-state index is -0.449. The van der Waals surface area contributed by atoms with Gasteiger partial charge in [0.15, 0.2) is 0 Å². The van der Waals surface area contributed by atoms with E-state index in [1.807, 2.05) is 0 Å². The maximum atomic E-state index is 11.0. The van der Waals surface area contributed by atoms with Gasteiger partial charge in [0, 0.05) is 18.8 Å². The van der Waals surface area contributed by atoms with Gasteiger partial charge in [0.05, 0.1) is 6.61 Å². The van der Waals surface area contributed by atoms with Crippen LogP contribution in [-0.4, -0.2) is 21.3 Å². The molecule has 0 unspecified atom stereocenters. The molecule has 13 heavy (non-hydrogen) atoms. The van der Waals surface area contributed by atoms with Gasteiger partial charge < -0.3 is 5.11 Å². The van der Waals surface area contributed by atoms with Crippen LogP contribution in [0.25, 0.3) is 0 Å². The van der Waals surface area contributed by atoms with Gasteiger partial charge in [-0.15, -0.1) is 0 Å². The maximum Gasteiger partial charge on any atom is 0.328 e. The molecule has 0 spiro atoms. The van der Waals surface area contributed by atoms with Crippen molar-refractivity contribution in [3.8, 4) is 0 Å². The molecule has 70 valence electrons. The molecule has 1 heterocycles.